The van der Waals surface area contributed by atoms with E-state index in [1.807, 2.05) is 0 Å². The summed E-state index contributed by atoms with van der Waals surface area (Å²) in [6, 6.07) is 0. The predicted molar refractivity (Wildman–Crippen MR) is 95.3 cm³/mol. The normalized spacial score (nSPS) is 10.6. The Bertz CT molecular complexity index is 305. The second-order valence-electron chi connectivity index (χ2n) is 6.40. The van der Waals surface area contributed by atoms with Crippen LogP contribution >= 0.6 is 0 Å². The minimum atomic E-state index is -0.304. The number of esters is 1. The highest BCUT2D eigenvalue weighted by Gasteiger charge is 2.13. The van der Waals surface area contributed by atoms with Crippen molar-refractivity contribution in [2.75, 3.05) is 20.2 Å². The molecule has 0 N–H and O–H groups in total. The average Bonchev–Trinajstić information content (AvgIpc) is 2.53. The molecule has 0 aliphatic heterocycles. The molecule has 136 valence electrons. The molecule has 0 spiro atoms. The number of hydrogen-bond donors (Lipinski definition) is 0. The van der Waals surface area contributed by atoms with Crippen molar-refractivity contribution in [1.29, 1.82) is 0 Å². The molecule has 0 aliphatic carbocycles. The summed E-state index contributed by atoms with van der Waals surface area (Å²) in [5.41, 5.74) is 0. The lowest BCUT2D eigenvalue weighted by Crippen LogP contribution is -2.33. The topological polar surface area (TPSA) is 46.6 Å². The zero-order valence-electron chi connectivity index (χ0n) is 15.6. The van der Waals surface area contributed by atoms with Crippen molar-refractivity contribution in [3.63, 3.8) is 0 Å². The summed E-state index contributed by atoms with van der Waals surface area (Å²) in [4.78, 5) is 25.0. The first-order chi connectivity index (χ1) is 11.1. The van der Waals surface area contributed by atoms with Crippen LogP contribution in [-0.4, -0.2) is 37.0 Å². The van der Waals surface area contributed by atoms with Crippen LogP contribution in [0.1, 0.15) is 90.9 Å². The van der Waals surface area contributed by atoms with E-state index in [4.69, 9.17) is 4.74 Å². The molecule has 0 aromatic heterocycles. The summed E-state index contributed by atoms with van der Waals surface area (Å²) in [6.45, 7) is 4.81. The molecule has 0 aromatic carbocycles. The molecule has 0 rings (SSSR count). The average molecular weight is 328 g/mol. The molecule has 4 heteroatoms. The van der Waals surface area contributed by atoms with Gasteiger partial charge in [-0.2, -0.15) is 0 Å². The fourth-order valence-corrected chi connectivity index (χ4v) is 2.44. The third-order valence-corrected chi connectivity index (χ3v) is 4.05. The van der Waals surface area contributed by atoms with Gasteiger partial charge >= 0.3 is 5.97 Å². The van der Waals surface area contributed by atoms with Crippen molar-refractivity contribution >= 4 is 11.9 Å². The van der Waals surface area contributed by atoms with Crippen LogP contribution in [-0.2, 0) is 14.3 Å². The van der Waals surface area contributed by atoms with Crippen molar-refractivity contribution in [3.05, 3.63) is 0 Å². The van der Waals surface area contributed by atoms with E-state index >= 15 is 0 Å². The smallest absolute Gasteiger partial charge is 0.325 e. The van der Waals surface area contributed by atoms with Gasteiger partial charge in [-0.3, -0.25) is 9.59 Å². The van der Waals surface area contributed by atoms with E-state index in [-0.39, 0.29) is 18.4 Å². The highest BCUT2D eigenvalue weighted by atomic mass is 16.5. The van der Waals surface area contributed by atoms with E-state index in [9.17, 15) is 9.59 Å². The Kier molecular flexibility index (Phi) is 15.1. The maximum Gasteiger partial charge on any atom is 0.325 e. The summed E-state index contributed by atoms with van der Waals surface area (Å²) in [5, 5.41) is 0. The van der Waals surface area contributed by atoms with Gasteiger partial charge in [0.1, 0.15) is 6.54 Å². The monoisotopic (exact) mass is 327 g/mol. The molecule has 0 saturated heterocycles. The molecular formula is C19H37NO3. The molecular weight excluding hydrogens is 290 g/mol. The Hall–Kier alpha value is -1.06. The first kappa shape index (κ1) is 21.9. The van der Waals surface area contributed by atoms with Gasteiger partial charge in [0.25, 0.3) is 0 Å². The Balaban J connectivity index is 3.52. The maximum atomic E-state index is 11.9. The fourth-order valence-electron chi connectivity index (χ4n) is 2.44. The number of ether oxygens (including phenoxy) is 1. The van der Waals surface area contributed by atoms with Gasteiger partial charge in [-0.05, 0) is 12.8 Å². The lowest BCUT2D eigenvalue weighted by molar-refractivity contribution is -0.148. The van der Waals surface area contributed by atoms with E-state index in [1.54, 1.807) is 7.05 Å². The largest absolute Gasteiger partial charge is 0.464 e. The number of nitrogens with zero attached hydrogens (tertiary/aromatic N) is 1. The molecule has 0 unspecified atom stereocenters. The molecule has 23 heavy (non-hydrogen) atoms. The van der Waals surface area contributed by atoms with Gasteiger partial charge in [0.2, 0.25) is 5.91 Å². The summed E-state index contributed by atoms with van der Waals surface area (Å²) in [7, 11) is 1.68. The number of likely N-dealkylation sites (N-methyl/N-ethyl adjacent to an activating group) is 1. The predicted octanol–water partition coefficient (Wildman–Crippen LogP) is 4.71. The van der Waals surface area contributed by atoms with E-state index < -0.39 is 0 Å². The van der Waals surface area contributed by atoms with Crippen LogP contribution in [0, 0.1) is 0 Å². The van der Waals surface area contributed by atoms with E-state index in [0.29, 0.717) is 13.0 Å². The molecule has 0 radical (unpaired) electrons. The molecule has 0 bridgehead atoms. The molecule has 4 nitrogen and oxygen atoms in total. The number of carbonyl (C=O) groups is 2. The van der Waals surface area contributed by atoms with Crippen molar-refractivity contribution < 1.29 is 14.3 Å². The van der Waals surface area contributed by atoms with Gasteiger partial charge < -0.3 is 9.64 Å². The summed E-state index contributed by atoms with van der Waals surface area (Å²) in [5.74, 6) is -0.262. The molecule has 1 amide bonds. The first-order valence-corrected chi connectivity index (χ1v) is 9.51. The van der Waals surface area contributed by atoms with Gasteiger partial charge in [0.15, 0.2) is 0 Å². The summed E-state index contributed by atoms with van der Waals surface area (Å²) >= 11 is 0. The standard InChI is InChI=1S/C19H37NO3/c1-4-6-8-9-10-11-12-13-14-15-18(21)20(3)17-19(22)23-16-7-5-2/h4-17H2,1-3H3. The fraction of sp³-hybridized carbons (Fsp3) is 0.895. The van der Waals surface area contributed by atoms with Crippen LogP contribution in [0.15, 0.2) is 0 Å². The minimum Gasteiger partial charge on any atom is -0.464 e. The Labute approximate surface area is 143 Å². The lowest BCUT2D eigenvalue weighted by atomic mass is 10.1. The van der Waals surface area contributed by atoms with Crippen molar-refractivity contribution in [2.45, 2.75) is 90.9 Å². The SMILES string of the molecule is CCCCCCCCCCCC(=O)N(C)CC(=O)OCCCC. The van der Waals surface area contributed by atoms with Gasteiger partial charge in [-0.15, -0.1) is 0 Å². The van der Waals surface area contributed by atoms with E-state index in [2.05, 4.69) is 13.8 Å². The Morgan fingerprint density at radius 2 is 1.30 bits per heavy atom. The molecule has 0 aromatic rings. The van der Waals surface area contributed by atoms with Crippen LogP contribution in [0.4, 0.5) is 0 Å². The van der Waals surface area contributed by atoms with E-state index in [0.717, 1.165) is 25.7 Å². The van der Waals surface area contributed by atoms with Gasteiger partial charge in [-0.1, -0.05) is 71.6 Å². The second kappa shape index (κ2) is 15.8. The minimum absolute atomic E-state index is 0.0420. The Morgan fingerprint density at radius 1 is 0.783 bits per heavy atom. The number of rotatable bonds is 15. The van der Waals surface area contributed by atoms with Crippen LogP contribution in [0.2, 0.25) is 0 Å². The zero-order valence-corrected chi connectivity index (χ0v) is 15.6. The summed E-state index contributed by atoms with van der Waals surface area (Å²) < 4.78 is 5.07. The number of unbranched alkanes of at least 4 members (excludes halogenated alkanes) is 9. The van der Waals surface area contributed by atoms with Crippen molar-refractivity contribution in [3.8, 4) is 0 Å². The maximum absolute atomic E-state index is 11.9. The van der Waals surface area contributed by atoms with Crippen molar-refractivity contribution in [1.82, 2.24) is 4.90 Å². The first-order valence-electron chi connectivity index (χ1n) is 9.51. The van der Waals surface area contributed by atoms with Gasteiger partial charge in [0.05, 0.1) is 6.61 Å². The Morgan fingerprint density at radius 3 is 1.87 bits per heavy atom. The third-order valence-electron chi connectivity index (χ3n) is 4.05. The van der Waals surface area contributed by atoms with Gasteiger partial charge in [0, 0.05) is 13.5 Å². The highest BCUT2D eigenvalue weighted by Crippen LogP contribution is 2.11. The number of hydrogen-bond acceptors (Lipinski definition) is 3. The number of amides is 1. The molecule has 0 heterocycles. The zero-order chi connectivity index (χ0) is 17.3. The van der Waals surface area contributed by atoms with Gasteiger partial charge in [-0.25, -0.2) is 0 Å². The van der Waals surface area contributed by atoms with Crippen LogP contribution < -0.4 is 0 Å². The molecule has 0 aliphatic rings. The molecule has 0 atom stereocenters. The summed E-state index contributed by atoms with van der Waals surface area (Å²) in [6.07, 6.45) is 13.6. The van der Waals surface area contributed by atoms with Crippen molar-refractivity contribution in [2.24, 2.45) is 0 Å². The molecule has 0 saturated carbocycles. The highest BCUT2D eigenvalue weighted by molar-refractivity contribution is 5.81. The van der Waals surface area contributed by atoms with Crippen LogP contribution in [0.25, 0.3) is 0 Å². The van der Waals surface area contributed by atoms with Crippen LogP contribution in [0.5, 0.6) is 0 Å². The lowest BCUT2D eigenvalue weighted by Gasteiger charge is -2.16. The second-order valence-corrected chi connectivity index (χ2v) is 6.40. The number of carbonyl (C=O) groups excluding carboxylic acids is 2. The van der Waals surface area contributed by atoms with E-state index in [1.165, 1.54) is 49.8 Å². The molecule has 0 fully saturated rings. The van der Waals surface area contributed by atoms with Crippen LogP contribution in [0.3, 0.4) is 0 Å². The third kappa shape index (κ3) is 14.3. The quantitative estimate of drug-likeness (QED) is 0.323.